The van der Waals surface area contributed by atoms with Crippen molar-refractivity contribution in [1.29, 1.82) is 0 Å². The van der Waals surface area contributed by atoms with Crippen LogP contribution in [0, 0.1) is 0 Å². The Hall–Kier alpha value is -3.41. The Morgan fingerprint density at radius 3 is 2.62 bits per heavy atom. The van der Waals surface area contributed by atoms with E-state index in [1.165, 1.54) is 16.9 Å². The Morgan fingerprint density at radius 1 is 1.03 bits per heavy atom. The number of nitrogens with zero attached hydrogens (tertiary/aromatic N) is 2. The van der Waals surface area contributed by atoms with Gasteiger partial charge in [-0.2, -0.15) is 0 Å². The molecule has 4 aromatic rings. The van der Waals surface area contributed by atoms with Crippen molar-refractivity contribution in [2.75, 3.05) is 7.11 Å². The zero-order chi connectivity index (χ0) is 23.2. The lowest BCUT2D eigenvalue weighted by atomic mass is 9.83. The number of allylic oxidation sites excluding steroid dienone is 1. The van der Waals surface area contributed by atoms with Crippen molar-refractivity contribution >= 4 is 34.7 Å². The number of ether oxygens (including phenoxy) is 1. The average Bonchev–Trinajstić information content (AvgIpc) is 3.18. The maximum atomic E-state index is 13.8. The molecule has 1 aliphatic carbocycles. The van der Waals surface area contributed by atoms with Crippen molar-refractivity contribution in [3.05, 3.63) is 125 Å². The lowest BCUT2D eigenvalue weighted by Gasteiger charge is -2.31. The van der Waals surface area contributed by atoms with E-state index >= 15 is 0 Å². The van der Waals surface area contributed by atoms with E-state index in [0.29, 0.717) is 14.4 Å². The Labute approximate surface area is 205 Å². The van der Waals surface area contributed by atoms with Crippen molar-refractivity contribution in [3.63, 3.8) is 0 Å². The first-order valence-electron chi connectivity index (χ1n) is 11.2. The third kappa shape index (κ3) is 3.44. The first-order valence-corrected chi connectivity index (χ1v) is 12.3. The molecule has 168 valence electrons. The number of thiazole rings is 1. The summed E-state index contributed by atoms with van der Waals surface area (Å²) in [7, 11) is 1.68. The summed E-state index contributed by atoms with van der Waals surface area (Å²) in [4.78, 5) is 19.5. The third-order valence-corrected chi connectivity index (χ3v) is 7.71. The van der Waals surface area contributed by atoms with E-state index in [9.17, 15) is 4.79 Å². The van der Waals surface area contributed by atoms with Crippen molar-refractivity contribution < 1.29 is 4.74 Å². The lowest BCUT2D eigenvalue weighted by molar-refractivity contribution is 0.402. The first kappa shape index (κ1) is 21.1. The molecule has 4 nitrogen and oxygen atoms in total. The fraction of sp³-hybridized carbons (Fsp3) is 0.143. The van der Waals surface area contributed by atoms with Gasteiger partial charge in [0.2, 0.25) is 0 Å². The van der Waals surface area contributed by atoms with Crippen molar-refractivity contribution in [1.82, 2.24) is 4.57 Å². The number of para-hydroxylation sites is 1. The summed E-state index contributed by atoms with van der Waals surface area (Å²) in [6.07, 6.45) is 3.68. The van der Waals surface area contributed by atoms with E-state index in [4.69, 9.17) is 21.3 Å². The van der Waals surface area contributed by atoms with E-state index < -0.39 is 0 Å². The highest BCUT2D eigenvalue weighted by Crippen LogP contribution is 2.43. The van der Waals surface area contributed by atoms with E-state index in [1.807, 2.05) is 53.1 Å². The molecule has 2 heterocycles. The van der Waals surface area contributed by atoms with Crippen molar-refractivity contribution in [2.45, 2.75) is 18.9 Å². The molecule has 0 spiro atoms. The maximum Gasteiger partial charge on any atom is 0.271 e. The zero-order valence-corrected chi connectivity index (χ0v) is 20.1. The Balaban J connectivity index is 1.64. The Bertz CT molecular complexity index is 1630. The summed E-state index contributed by atoms with van der Waals surface area (Å²) in [5.74, 6) is 0.771. The highest BCUT2D eigenvalue weighted by Gasteiger charge is 2.33. The number of hydrogen-bond acceptors (Lipinski definition) is 4. The second-order valence-electron chi connectivity index (χ2n) is 8.41. The van der Waals surface area contributed by atoms with Gasteiger partial charge >= 0.3 is 0 Å². The van der Waals surface area contributed by atoms with Crippen molar-refractivity contribution in [2.24, 2.45) is 4.99 Å². The molecule has 0 amide bonds. The molecule has 0 fully saturated rings. The summed E-state index contributed by atoms with van der Waals surface area (Å²) < 4.78 is 8.22. The average molecular weight is 485 g/mol. The van der Waals surface area contributed by atoms with Crippen LogP contribution in [0.1, 0.15) is 34.7 Å². The molecular weight excluding hydrogens is 464 g/mol. The SMILES string of the molecule is COc1ccccc1[C@@H]1C2=C(N=c3s/c(=C/c4ccc(Cl)cc4)c(=O)n31)c1ccccc1CC2. The number of aromatic nitrogens is 1. The van der Waals surface area contributed by atoms with Gasteiger partial charge in [0.1, 0.15) is 5.75 Å². The smallest absolute Gasteiger partial charge is 0.271 e. The summed E-state index contributed by atoms with van der Waals surface area (Å²) in [6, 6.07) is 23.6. The topological polar surface area (TPSA) is 43.6 Å². The molecule has 0 saturated heterocycles. The van der Waals surface area contributed by atoms with Gasteiger partial charge in [-0.3, -0.25) is 9.36 Å². The highest BCUT2D eigenvalue weighted by molar-refractivity contribution is 7.07. The maximum absolute atomic E-state index is 13.8. The summed E-state index contributed by atoms with van der Waals surface area (Å²) in [5, 5.41) is 0.668. The number of rotatable bonds is 3. The summed E-state index contributed by atoms with van der Waals surface area (Å²) in [6.45, 7) is 0. The monoisotopic (exact) mass is 484 g/mol. The summed E-state index contributed by atoms with van der Waals surface area (Å²) in [5.41, 5.74) is 6.46. The van der Waals surface area contributed by atoms with Crippen LogP contribution in [0.15, 0.2) is 88.2 Å². The quantitative estimate of drug-likeness (QED) is 0.411. The van der Waals surface area contributed by atoms with Gasteiger partial charge in [-0.15, -0.1) is 0 Å². The normalized spacial score (nSPS) is 17.0. The number of halogens is 1. The predicted molar refractivity (Wildman–Crippen MR) is 137 cm³/mol. The third-order valence-electron chi connectivity index (χ3n) is 6.47. The molecule has 3 aromatic carbocycles. The molecule has 0 unspecified atom stereocenters. The van der Waals surface area contributed by atoms with Gasteiger partial charge in [0, 0.05) is 16.1 Å². The highest BCUT2D eigenvalue weighted by atomic mass is 35.5. The number of benzene rings is 3. The van der Waals surface area contributed by atoms with Gasteiger partial charge in [0.15, 0.2) is 4.80 Å². The first-order chi connectivity index (χ1) is 16.6. The van der Waals surface area contributed by atoms with Crippen LogP contribution in [-0.2, 0) is 6.42 Å². The minimum Gasteiger partial charge on any atom is -0.496 e. The molecule has 34 heavy (non-hydrogen) atoms. The second-order valence-corrected chi connectivity index (χ2v) is 9.85. The van der Waals surface area contributed by atoms with Crippen LogP contribution in [-0.4, -0.2) is 11.7 Å². The van der Waals surface area contributed by atoms with Crippen LogP contribution in [0.25, 0.3) is 11.8 Å². The van der Waals surface area contributed by atoms with Gasteiger partial charge in [0.05, 0.1) is 23.4 Å². The second kappa shape index (κ2) is 8.42. The molecule has 1 atom stereocenters. The van der Waals surface area contributed by atoms with Gasteiger partial charge in [0.25, 0.3) is 5.56 Å². The Morgan fingerprint density at radius 2 is 1.79 bits per heavy atom. The van der Waals surface area contributed by atoms with Gasteiger partial charge < -0.3 is 4.74 Å². The van der Waals surface area contributed by atoms with Crippen molar-refractivity contribution in [3.8, 4) is 5.75 Å². The largest absolute Gasteiger partial charge is 0.496 e. The van der Waals surface area contributed by atoms with Gasteiger partial charge in [-0.1, -0.05) is 77.5 Å². The van der Waals surface area contributed by atoms with Gasteiger partial charge in [-0.25, -0.2) is 4.99 Å². The van der Waals surface area contributed by atoms with Crippen LogP contribution in [0.3, 0.4) is 0 Å². The van der Waals surface area contributed by atoms with Gasteiger partial charge in [-0.05, 0) is 53.8 Å². The van der Waals surface area contributed by atoms with E-state index in [0.717, 1.165) is 46.6 Å². The van der Waals surface area contributed by atoms with Crippen LogP contribution in [0.2, 0.25) is 5.02 Å². The number of fused-ring (bicyclic) bond motifs is 3. The number of hydrogen-bond donors (Lipinski definition) is 0. The van der Waals surface area contributed by atoms with E-state index in [1.54, 1.807) is 7.11 Å². The lowest BCUT2D eigenvalue weighted by Crippen LogP contribution is -2.38. The number of aryl methyl sites for hydroxylation is 1. The molecule has 0 radical (unpaired) electrons. The molecule has 2 aliphatic rings. The zero-order valence-electron chi connectivity index (χ0n) is 18.5. The molecule has 6 heteroatoms. The fourth-order valence-corrected chi connectivity index (χ4v) is 6.03. The Kier molecular flexibility index (Phi) is 5.24. The molecule has 0 N–H and O–H groups in total. The predicted octanol–water partition coefficient (Wildman–Crippen LogP) is 4.98. The molecule has 1 aliphatic heterocycles. The minimum absolute atomic E-state index is 0.0417. The number of methoxy groups -OCH3 is 1. The molecule has 6 rings (SSSR count). The van der Waals surface area contributed by atoms with E-state index in [-0.39, 0.29) is 11.6 Å². The molecular formula is C28H21ClN2O2S. The van der Waals surface area contributed by atoms with Crippen LogP contribution in [0.5, 0.6) is 5.75 Å². The standard InChI is InChI=1S/C28H21ClN2O2S/c1-33-23-9-5-4-8-21(23)26-22-15-12-18-6-2-3-7-20(18)25(22)30-28-31(26)27(32)24(34-28)16-17-10-13-19(29)14-11-17/h2-11,13-14,16,26H,12,15H2,1H3/b24-16+/t26-/m1/s1. The molecule has 1 aromatic heterocycles. The summed E-state index contributed by atoms with van der Waals surface area (Å²) >= 11 is 7.47. The van der Waals surface area contributed by atoms with Crippen LogP contribution < -0.4 is 19.6 Å². The fourth-order valence-electron chi connectivity index (χ4n) is 4.90. The van der Waals surface area contributed by atoms with Crippen LogP contribution in [0.4, 0.5) is 0 Å². The van der Waals surface area contributed by atoms with E-state index in [2.05, 4.69) is 30.3 Å². The molecule has 0 saturated carbocycles. The molecule has 0 bridgehead atoms. The van der Waals surface area contributed by atoms with Crippen LogP contribution >= 0.6 is 22.9 Å². The minimum atomic E-state index is -0.261.